The summed E-state index contributed by atoms with van der Waals surface area (Å²) in [6.45, 7) is 14.1. The van der Waals surface area contributed by atoms with E-state index < -0.39 is 0 Å². The van der Waals surface area contributed by atoms with E-state index in [1.165, 1.54) is 102 Å². The van der Waals surface area contributed by atoms with Gasteiger partial charge in [0.25, 0.3) is 0 Å². The molecule has 0 fully saturated rings. The Kier molecular flexibility index (Phi) is 21.9. The summed E-state index contributed by atoms with van der Waals surface area (Å²) in [5.41, 5.74) is 1.07. The van der Waals surface area contributed by atoms with Crippen molar-refractivity contribution in [2.75, 3.05) is 0 Å². The molecule has 0 aromatic heterocycles. The molecule has 3 nitrogen and oxygen atoms in total. The molecule has 0 bridgehead atoms. The quantitative estimate of drug-likeness (QED) is 0.0411. The Labute approximate surface area is 291 Å². The van der Waals surface area contributed by atoms with Gasteiger partial charge in [-0.05, 0) is 113 Å². The number of hydrogen-bond acceptors (Lipinski definition) is 3. The van der Waals surface area contributed by atoms with Gasteiger partial charge in [-0.25, -0.2) is 0 Å². The van der Waals surface area contributed by atoms with Crippen LogP contribution in [0.15, 0.2) is 42.5 Å². The number of carbonyl (C=O) groups excluding carboxylic acids is 1. The van der Waals surface area contributed by atoms with Gasteiger partial charge in [-0.3, -0.25) is 4.79 Å². The first-order chi connectivity index (χ1) is 22.7. The lowest BCUT2D eigenvalue weighted by molar-refractivity contribution is -0.134. The molecule has 0 radical (unpaired) electrons. The average molecular weight is 651 g/mol. The normalized spacial score (nSPS) is 17.7. The molecule has 3 unspecified atom stereocenters. The van der Waals surface area contributed by atoms with Gasteiger partial charge in [-0.1, -0.05) is 136 Å². The molecular weight excluding hydrogens is 576 g/mol. The van der Waals surface area contributed by atoms with E-state index in [9.17, 15) is 4.79 Å². The third kappa shape index (κ3) is 20.2. The van der Waals surface area contributed by atoms with E-state index in [0.717, 1.165) is 68.4 Å². The Balaban J connectivity index is 1.55. The number of benzene rings is 1. The van der Waals surface area contributed by atoms with Crippen molar-refractivity contribution < 1.29 is 14.3 Å². The molecule has 0 spiro atoms. The zero-order chi connectivity index (χ0) is 34.2. The van der Waals surface area contributed by atoms with Crippen molar-refractivity contribution in [1.29, 1.82) is 0 Å². The third-order valence-corrected chi connectivity index (χ3v) is 10.1. The zero-order valence-electron chi connectivity index (χ0n) is 31.8. The van der Waals surface area contributed by atoms with Gasteiger partial charge in [0, 0.05) is 6.42 Å². The van der Waals surface area contributed by atoms with E-state index >= 15 is 0 Å². The Morgan fingerprint density at radius 3 is 2.09 bits per heavy atom. The summed E-state index contributed by atoms with van der Waals surface area (Å²) in [6, 6.07) is 5.94. The molecule has 0 saturated carbocycles. The molecule has 3 heteroatoms. The molecule has 0 N–H and O–H groups in total. The number of ether oxygens (including phenoxy) is 2. The van der Waals surface area contributed by atoms with Crippen molar-refractivity contribution in [3.05, 3.63) is 48.1 Å². The summed E-state index contributed by atoms with van der Waals surface area (Å²) in [6.07, 6.45) is 36.6. The maximum absolute atomic E-state index is 12.5. The van der Waals surface area contributed by atoms with Crippen LogP contribution in [-0.2, 0) is 11.2 Å². The second-order valence-corrected chi connectivity index (χ2v) is 15.6. The Bertz CT molecular complexity index is 1010. The highest BCUT2D eigenvalue weighted by Gasteiger charge is 2.31. The number of carbonyl (C=O) groups is 1. The van der Waals surface area contributed by atoms with Crippen LogP contribution >= 0.6 is 0 Å². The minimum absolute atomic E-state index is 0.100. The molecule has 0 saturated heterocycles. The molecule has 0 aliphatic carbocycles. The van der Waals surface area contributed by atoms with Gasteiger partial charge >= 0.3 is 5.97 Å². The average Bonchev–Trinajstić information content (AvgIpc) is 3.03. The van der Waals surface area contributed by atoms with Crippen LogP contribution in [0.25, 0.3) is 0 Å². The summed E-state index contributed by atoms with van der Waals surface area (Å²) in [5, 5.41) is 0. The largest absolute Gasteiger partial charge is 0.487 e. The topological polar surface area (TPSA) is 35.5 Å². The minimum Gasteiger partial charge on any atom is -0.487 e. The predicted octanol–water partition coefficient (Wildman–Crippen LogP) is 13.9. The maximum atomic E-state index is 12.5. The van der Waals surface area contributed by atoms with E-state index in [0.29, 0.717) is 12.2 Å². The third-order valence-electron chi connectivity index (χ3n) is 10.1. The standard InChI is InChI=1S/C44H74O3/c1-7-8-9-10-11-12-13-14-15-16-17-18-19-20-21-30-43(45)46-41-31-32-42-40(36-41)33-35-44(6,47-42)34-24-29-39(5)28-23-27-38(4)26-22-25-37(2)3/h11-12,14-15,31-32,36-39H,7-10,13,16-30,33-35H2,1-6H3/b12-11-,15-14+. The molecule has 1 aliphatic heterocycles. The number of fused-ring (bicyclic) bond motifs is 1. The SMILES string of the molecule is CCCCC/C=C\C/C=C/CCCCCCCC(=O)Oc1ccc2c(c1)CCC(C)(CCCC(C)CCCC(C)CCCC(C)C)O2. The van der Waals surface area contributed by atoms with Crippen molar-refractivity contribution in [3.8, 4) is 11.5 Å². The zero-order valence-corrected chi connectivity index (χ0v) is 31.8. The molecular formula is C44H74O3. The Morgan fingerprint density at radius 2 is 1.40 bits per heavy atom. The molecule has 2 rings (SSSR count). The summed E-state index contributed by atoms with van der Waals surface area (Å²) < 4.78 is 12.2. The summed E-state index contributed by atoms with van der Waals surface area (Å²) in [4.78, 5) is 12.5. The molecule has 0 amide bonds. The van der Waals surface area contributed by atoms with Crippen molar-refractivity contribution >= 4 is 5.97 Å². The highest BCUT2D eigenvalue weighted by atomic mass is 16.5. The summed E-state index contributed by atoms with van der Waals surface area (Å²) in [5.74, 6) is 4.00. The van der Waals surface area contributed by atoms with Gasteiger partial charge in [0.05, 0.1) is 0 Å². The van der Waals surface area contributed by atoms with E-state index in [4.69, 9.17) is 9.47 Å². The van der Waals surface area contributed by atoms with E-state index in [1.807, 2.05) is 18.2 Å². The monoisotopic (exact) mass is 651 g/mol. The van der Waals surface area contributed by atoms with Gasteiger partial charge in [0.2, 0.25) is 0 Å². The lowest BCUT2D eigenvalue weighted by Gasteiger charge is -2.36. The molecule has 1 aliphatic rings. The van der Waals surface area contributed by atoms with Crippen LogP contribution in [0.5, 0.6) is 11.5 Å². The first kappa shape index (κ1) is 41.1. The van der Waals surface area contributed by atoms with Crippen LogP contribution in [0.1, 0.15) is 188 Å². The lowest BCUT2D eigenvalue weighted by atomic mass is 9.86. The first-order valence-corrected chi connectivity index (χ1v) is 20.0. The highest BCUT2D eigenvalue weighted by Crippen LogP contribution is 2.38. The van der Waals surface area contributed by atoms with E-state index in [2.05, 4.69) is 65.8 Å². The van der Waals surface area contributed by atoms with Gasteiger partial charge in [-0.2, -0.15) is 0 Å². The van der Waals surface area contributed by atoms with Crippen LogP contribution in [0.2, 0.25) is 0 Å². The smallest absolute Gasteiger partial charge is 0.311 e. The van der Waals surface area contributed by atoms with Gasteiger partial charge < -0.3 is 9.47 Å². The molecule has 1 heterocycles. The lowest BCUT2D eigenvalue weighted by Crippen LogP contribution is -2.36. The number of allylic oxidation sites excluding steroid dienone is 4. The Hall–Kier alpha value is -2.03. The molecule has 268 valence electrons. The van der Waals surface area contributed by atoms with Crippen molar-refractivity contribution in [2.24, 2.45) is 17.8 Å². The van der Waals surface area contributed by atoms with Crippen LogP contribution in [0.4, 0.5) is 0 Å². The molecule has 47 heavy (non-hydrogen) atoms. The summed E-state index contributed by atoms with van der Waals surface area (Å²) >= 11 is 0. The number of unbranched alkanes of at least 4 members (excludes halogenated alkanes) is 8. The number of esters is 1. The van der Waals surface area contributed by atoms with Crippen molar-refractivity contribution in [1.82, 2.24) is 0 Å². The maximum Gasteiger partial charge on any atom is 0.311 e. The predicted molar refractivity (Wildman–Crippen MR) is 204 cm³/mol. The fraction of sp³-hybridized carbons (Fsp3) is 0.750. The van der Waals surface area contributed by atoms with Crippen LogP contribution in [0.3, 0.4) is 0 Å². The van der Waals surface area contributed by atoms with Crippen LogP contribution in [-0.4, -0.2) is 11.6 Å². The van der Waals surface area contributed by atoms with Crippen molar-refractivity contribution in [3.63, 3.8) is 0 Å². The summed E-state index contributed by atoms with van der Waals surface area (Å²) in [7, 11) is 0. The first-order valence-electron chi connectivity index (χ1n) is 20.0. The van der Waals surface area contributed by atoms with Crippen LogP contribution < -0.4 is 9.47 Å². The Morgan fingerprint density at radius 1 is 0.787 bits per heavy atom. The number of aryl methyl sites for hydroxylation is 1. The fourth-order valence-electron chi connectivity index (χ4n) is 6.87. The number of hydrogen-bond donors (Lipinski definition) is 0. The molecule has 3 atom stereocenters. The van der Waals surface area contributed by atoms with Gasteiger partial charge in [-0.15, -0.1) is 0 Å². The van der Waals surface area contributed by atoms with Crippen molar-refractivity contribution in [2.45, 2.75) is 195 Å². The van der Waals surface area contributed by atoms with E-state index in [1.54, 1.807) is 0 Å². The number of rotatable bonds is 27. The minimum atomic E-state index is -0.119. The van der Waals surface area contributed by atoms with Crippen LogP contribution in [0, 0.1) is 17.8 Å². The second kappa shape index (κ2) is 25.0. The fourth-order valence-corrected chi connectivity index (χ4v) is 6.87. The van der Waals surface area contributed by atoms with Gasteiger partial charge in [0.1, 0.15) is 17.1 Å². The second-order valence-electron chi connectivity index (χ2n) is 15.6. The molecule has 1 aromatic carbocycles. The van der Waals surface area contributed by atoms with Gasteiger partial charge in [0.15, 0.2) is 0 Å². The highest BCUT2D eigenvalue weighted by molar-refractivity contribution is 5.72. The van der Waals surface area contributed by atoms with E-state index in [-0.39, 0.29) is 11.6 Å². The molecule has 1 aromatic rings.